The Morgan fingerprint density at radius 3 is 2.04 bits per heavy atom. The number of carbonyl (C=O) groups excluding carboxylic acids is 3. The quantitative estimate of drug-likeness (QED) is 0.739. The summed E-state index contributed by atoms with van der Waals surface area (Å²) >= 11 is 0.751. The molecule has 0 aliphatic carbocycles. The molecule has 1 aliphatic rings. The molecule has 7 heteroatoms. The third-order valence-electron chi connectivity index (χ3n) is 4.26. The zero-order valence-electron chi connectivity index (χ0n) is 14.3. The molecule has 1 aliphatic heterocycles. The molecule has 0 aromatic heterocycles. The first-order valence-corrected chi connectivity index (χ1v) is 9.31. The summed E-state index contributed by atoms with van der Waals surface area (Å²) in [7, 11) is 0. The van der Waals surface area contributed by atoms with Gasteiger partial charge in [-0.2, -0.15) is 0 Å². The monoisotopic (exact) mass is 383 g/mol. The molecular formula is C20H17NO5S. The lowest BCUT2D eigenvalue weighted by molar-refractivity contribution is -0.136. The predicted molar refractivity (Wildman–Crippen MR) is 101 cm³/mol. The third kappa shape index (κ3) is 4.09. The Labute approximate surface area is 160 Å². The second kappa shape index (κ2) is 8.18. The smallest absolute Gasteiger partial charge is 0.317 e. The van der Waals surface area contributed by atoms with Crippen LogP contribution in [0.15, 0.2) is 54.6 Å². The molecule has 27 heavy (non-hydrogen) atoms. The van der Waals surface area contributed by atoms with Crippen molar-refractivity contribution in [3.8, 4) is 0 Å². The van der Waals surface area contributed by atoms with E-state index in [9.17, 15) is 24.3 Å². The van der Waals surface area contributed by atoms with E-state index in [1.54, 1.807) is 54.6 Å². The molecule has 1 N–H and O–H groups in total. The van der Waals surface area contributed by atoms with E-state index in [1.165, 1.54) is 0 Å². The lowest BCUT2D eigenvalue weighted by Crippen LogP contribution is -2.31. The van der Waals surface area contributed by atoms with Gasteiger partial charge in [-0.25, -0.2) is 0 Å². The summed E-state index contributed by atoms with van der Waals surface area (Å²) in [5, 5.41) is 8.13. The van der Waals surface area contributed by atoms with Gasteiger partial charge >= 0.3 is 5.97 Å². The Hall–Kier alpha value is -2.93. The molecule has 2 aromatic rings. The maximum atomic E-state index is 12.3. The fraction of sp³-hybridized carbons (Fsp3) is 0.200. The van der Waals surface area contributed by atoms with E-state index in [-0.39, 0.29) is 29.9 Å². The van der Waals surface area contributed by atoms with Gasteiger partial charge in [-0.3, -0.25) is 24.1 Å². The molecule has 138 valence electrons. The summed E-state index contributed by atoms with van der Waals surface area (Å²) in [6.45, 7) is 0.121. The molecule has 6 nitrogen and oxygen atoms in total. The van der Waals surface area contributed by atoms with Gasteiger partial charge in [0.15, 0.2) is 0 Å². The predicted octanol–water partition coefficient (Wildman–Crippen LogP) is 3.09. The minimum absolute atomic E-state index is 0.121. The van der Waals surface area contributed by atoms with Crippen LogP contribution in [0.5, 0.6) is 0 Å². The van der Waals surface area contributed by atoms with Gasteiger partial charge in [0.25, 0.3) is 11.8 Å². The summed E-state index contributed by atoms with van der Waals surface area (Å²) in [4.78, 5) is 49.4. The van der Waals surface area contributed by atoms with Gasteiger partial charge in [0.1, 0.15) is 5.25 Å². The number of carbonyl (C=O) groups is 4. The van der Waals surface area contributed by atoms with E-state index in [0.717, 1.165) is 16.7 Å². The Balaban J connectivity index is 1.58. The number of thioether (sulfide) groups is 1. The summed E-state index contributed by atoms with van der Waals surface area (Å²) in [6.07, 6.45) is 0.476. The highest BCUT2D eigenvalue weighted by molar-refractivity contribution is 8.15. The SMILES string of the molecule is O=C(SC(CCCN1C(=O)c2ccccc2C1=O)C(=O)O)c1ccccc1. The van der Waals surface area contributed by atoms with Gasteiger partial charge in [0, 0.05) is 12.1 Å². The first-order valence-electron chi connectivity index (χ1n) is 8.43. The van der Waals surface area contributed by atoms with Crippen LogP contribution in [-0.2, 0) is 4.79 Å². The molecule has 0 radical (unpaired) electrons. The van der Waals surface area contributed by atoms with E-state index in [1.807, 2.05) is 0 Å². The number of nitrogens with zero attached hydrogens (tertiary/aromatic N) is 1. The third-order valence-corrected chi connectivity index (χ3v) is 5.43. The van der Waals surface area contributed by atoms with Crippen molar-refractivity contribution in [3.63, 3.8) is 0 Å². The zero-order valence-corrected chi connectivity index (χ0v) is 15.1. The molecule has 1 unspecified atom stereocenters. The molecule has 0 bridgehead atoms. The van der Waals surface area contributed by atoms with Crippen molar-refractivity contribution >= 4 is 34.7 Å². The number of fused-ring (bicyclic) bond motifs is 1. The number of rotatable bonds is 7. The van der Waals surface area contributed by atoms with Crippen molar-refractivity contribution in [2.45, 2.75) is 18.1 Å². The first-order chi connectivity index (χ1) is 13.0. The summed E-state index contributed by atoms with van der Waals surface area (Å²) in [6, 6.07) is 15.1. The molecule has 0 saturated carbocycles. The summed E-state index contributed by atoms with van der Waals surface area (Å²) in [5.41, 5.74) is 1.17. The minimum atomic E-state index is -1.09. The largest absolute Gasteiger partial charge is 0.480 e. The minimum Gasteiger partial charge on any atom is -0.480 e. The number of aliphatic carboxylic acids is 1. The van der Waals surface area contributed by atoms with E-state index < -0.39 is 11.2 Å². The fourth-order valence-corrected chi connectivity index (χ4v) is 3.80. The average Bonchev–Trinajstić information content (AvgIpc) is 2.92. The van der Waals surface area contributed by atoms with Crippen LogP contribution in [0.4, 0.5) is 0 Å². The van der Waals surface area contributed by atoms with Crippen LogP contribution in [0.3, 0.4) is 0 Å². The topological polar surface area (TPSA) is 91.8 Å². The highest BCUT2D eigenvalue weighted by atomic mass is 32.2. The number of amides is 2. The maximum absolute atomic E-state index is 12.3. The molecular weight excluding hydrogens is 366 g/mol. The van der Waals surface area contributed by atoms with Crippen molar-refractivity contribution < 1.29 is 24.3 Å². The molecule has 0 fully saturated rings. The Morgan fingerprint density at radius 1 is 0.926 bits per heavy atom. The number of carboxylic acid groups (broad SMARTS) is 1. The average molecular weight is 383 g/mol. The van der Waals surface area contributed by atoms with Crippen molar-refractivity contribution in [1.29, 1.82) is 0 Å². The van der Waals surface area contributed by atoms with Crippen molar-refractivity contribution in [3.05, 3.63) is 71.3 Å². The van der Waals surface area contributed by atoms with Gasteiger partial charge in [-0.1, -0.05) is 54.2 Å². The van der Waals surface area contributed by atoms with E-state index in [2.05, 4.69) is 0 Å². The van der Waals surface area contributed by atoms with Crippen LogP contribution in [-0.4, -0.2) is 44.7 Å². The Morgan fingerprint density at radius 2 is 1.48 bits per heavy atom. The van der Waals surface area contributed by atoms with Gasteiger partial charge in [0.2, 0.25) is 5.12 Å². The number of benzene rings is 2. The van der Waals surface area contributed by atoms with Crippen LogP contribution >= 0.6 is 11.8 Å². The fourth-order valence-electron chi connectivity index (χ4n) is 2.88. The Bertz CT molecular complexity index is 861. The second-order valence-electron chi connectivity index (χ2n) is 6.05. The van der Waals surface area contributed by atoms with E-state index >= 15 is 0 Å². The highest BCUT2D eigenvalue weighted by Gasteiger charge is 2.35. The number of imide groups is 1. The number of carboxylic acids is 1. The van der Waals surface area contributed by atoms with Crippen molar-refractivity contribution in [2.24, 2.45) is 0 Å². The van der Waals surface area contributed by atoms with Crippen LogP contribution in [0.25, 0.3) is 0 Å². The number of hydrogen-bond acceptors (Lipinski definition) is 5. The molecule has 0 spiro atoms. The van der Waals surface area contributed by atoms with Crippen LogP contribution < -0.4 is 0 Å². The molecule has 3 rings (SSSR count). The van der Waals surface area contributed by atoms with E-state index in [0.29, 0.717) is 23.1 Å². The first kappa shape index (κ1) is 18.8. The van der Waals surface area contributed by atoms with Crippen LogP contribution in [0, 0.1) is 0 Å². The van der Waals surface area contributed by atoms with Crippen molar-refractivity contribution in [2.75, 3.05) is 6.54 Å². The van der Waals surface area contributed by atoms with Gasteiger partial charge in [-0.15, -0.1) is 0 Å². The summed E-state index contributed by atoms with van der Waals surface area (Å²) in [5.74, 6) is -1.82. The van der Waals surface area contributed by atoms with Gasteiger partial charge in [0.05, 0.1) is 11.1 Å². The van der Waals surface area contributed by atoms with Crippen LogP contribution in [0.2, 0.25) is 0 Å². The second-order valence-corrected chi connectivity index (χ2v) is 7.22. The van der Waals surface area contributed by atoms with E-state index in [4.69, 9.17) is 0 Å². The van der Waals surface area contributed by atoms with Crippen molar-refractivity contribution in [1.82, 2.24) is 4.90 Å². The normalized spacial score (nSPS) is 14.1. The number of hydrogen-bond donors (Lipinski definition) is 1. The molecule has 1 atom stereocenters. The standard InChI is InChI=1S/C20H17NO5S/c22-17-14-9-4-5-10-15(14)18(23)21(17)12-6-11-16(19(24)25)27-20(26)13-7-2-1-3-8-13/h1-5,7-10,16H,6,11-12H2,(H,24,25). The molecule has 2 amide bonds. The molecule has 1 heterocycles. The lowest BCUT2D eigenvalue weighted by atomic mass is 10.1. The lowest BCUT2D eigenvalue weighted by Gasteiger charge is -2.16. The summed E-state index contributed by atoms with van der Waals surface area (Å²) < 4.78 is 0. The Kier molecular flexibility index (Phi) is 5.71. The molecule has 0 saturated heterocycles. The highest BCUT2D eigenvalue weighted by Crippen LogP contribution is 2.25. The zero-order chi connectivity index (χ0) is 19.4. The maximum Gasteiger partial charge on any atom is 0.317 e. The molecule has 2 aromatic carbocycles. The van der Waals surface area contributed by atoms with Gasteiger partial charge in [-0.05, 0) is 25.0 Å². The van der Waals surface area contributed by atoms with Gasteiger partial charge < -0.3 is 5.11 Å². The van der Waals surface area contributed by atoms with Crippen LogP contribution in [0.1, 0.15) is 43.9 Å².